The van der Waals surface area contributed by atoms with Gasteiger partial charge in [0.25, 0.3) is 0 Å². The Hall–Kier alpha value is -3.18. The summed E-state index contributed by atoms with van der Waals surface area (Å²) in [6.07, 6.45) is 0. The molecule has 2 nitrogen and oxygen atoms in total. The molecule has 26 heavy (non-hydrogen) atoms. The van der Waals surface area contributed by atoms with Gasteiger partial charge in [-0.1, -0.05) is 59.4 Å². The van der Waals surface area contributed by atoms with Crippen molar-refractivity contribution in [1.29, 1.82) is 0 Å². The first-order chi connectivity index (χ1) is 12.6. The highest BCUT2D eigenvalue weighted by molar-refractivity contribution is 5.52. The molecule has 0 aliphatic heterocycles. The molecule has 1 N–H and O–H groups in total. The number of rotatable bonds is 4. The summed E-state index contributed by atoms with van der Waals surface area (Å²) >= 11 is 0. The fourth-order valence-corrected chi connectivity index (χ4v) is 2.91. The number of nitrogens with one attached hydrogen (secondary N) is 1. The number of benzene rings is 3. The SMILES string of the molecule is COc1ccc(N[C@@H](C#Cc2ccccc2)c2cc(C)cc(C)c2)cc1. The molecule has 0 aliphatic carbocycles. The average molecular weight is 341 g/mol. The van der Waals surface area contributed by atoms with Crippen LogP contribution in [-0.2, 0) is 0 Å². The van der Waals surface area contributed by atoms with E-state index in [4.69, 9.17) is 4.74 Å². The zero-order valence-corrected chi connectivity index (χ0v) is 15.4. The maximum absolute atomic E-state index is 5.24. The van der Waals surface area contributed by atoms with Crippen molar-refractivity contribution in [2.45, 2.75) is 19.9 Å². The van der Waals surface area contributed by atoms with Crippen LogP contribution in [0.25, 0.3) is 0 Å². The highest BCUT2D eigenvalue weighted by Crippen LogP contribution is 2.23. The predicted molar refractivity (Wildman–Crippen MR) is 109 cm³/mol. The fourth-order valence-electron chi connectivity index (χ4n) is 2.91. The number of hydrogen-bond acceptors (Lipinski definition) is 2. The highest BCUT2D eigenvalue weighted by atomic mass is 16.5. The minimum absolute atomic E-state index is 0.0952. The molecule has 0 fully saturated rings. The Morgan fingerprint density at radius 3 is 2.12 bits per heavy atom. The van der Waals surface area contributed by atoms with Gasteiger partial charge in [0, 0.05) is 11.3 Å². The quantitative estimate of drug-likeness (QED) is 0.631. The molecule has 0 heterocycles. The molecule has 3 aromatic rings. The van der Waals surface area contributed by atoms with E-state index in [9.17, 15) is 0 Å². The summed E-state index contributed by atoms with van der Waals surface area (Å²) < 4.78 is 5.24. The lowest BCUT2D eigenvalue weighted by Crippen LogP contribution is -2.09. The Balaban J connectivity index is 1.93. The molecular weight excluding hydrogens is 318 g/mol. The first kappa shape index (κ1) is 17.6. The fraction of sp³-hybridized carbons (Fsp3) is 0.167. The molecule has 3 rings (SSSR count). The molecule has 0 aliphatic rings. The summed E-state index contributed by atoms with van der Waals surface area (Å²) in [4.78, 5) is 0. The largest absolute Gasteiger partial charge is 0.497 e. The molecule has 3 aromatic carbocycles. The monoisotopic (exact) mass is 341 g/mol. The molecule has 130 valence electrons. The van der Waals surface area contributed by atoms with Crippen LogP contribution in [0, 0.1) is 25.7 Å². The second-order valence-electron chi connectivity index (χ2n) is 6.36. The van der Waals surface area contributed by atoms with Crippen molar-refractivity contribution < 1.29 is 4.74 Å². The van der Waals surface area contributed by atoms with Gasteiger partial charge in [-0.15, -0.1) is 0 Å². The van der Waals surface area contributed by atoms with Crippen molar-refractivity contribution in [3.8, 4) is 17.6 Å². The zero-order chi connectivity index (χ0) is 18.4. The topological polar surface area (TPSA) is 21.3 Å². The van der Waals surface area contributed by atoms with Crippen LogP contribution in [0.2, 0.25) is 0 Å². The van der Waals surface area contributed by atoms with Gasteiger partial charge in [-0.25, -0.2) is 0 Å². The average Bonchev–Trinajstić information content (AvgIpc) is 2.65. The predicted octanol–water partition coefficient (Wildman–Crippen LogP) is 5.52. The number of ether oxygens (including phenoxy) is 1. The Bertz CT molecular complexity index is 898. The van der Waals surface area contributed by atoms with Crippen molar-refractivity contribution in [2.75, 3.05) is 12.4 Å². The van der Waals surface area contributed by atoms with Crippen molar-refractivity contribution in [1.82, 2.24) is 0 Å². The zero-order valence-electron chi connectivity index (χ0n) is 15.4. The van der Waals surface area contributed by atoms with E-state index in [1.54, 1.807) is 7.11 Å². The van der Waals surface area contributed by atoms with E-state index in [0.29, 0.717) is 0 Å². The van der Waals surface area contributed by atoms with Gasteiger partial charge in [-0.2, -0.15) is 0 Å². The van der Waals surface area contributed by atoms with Crippen LogP contribution >= 0.6 is 0 Å². The summed E-state index contributed by atoms with van der Waals surface area (Å²) in [7, 11) is 1.67. The minimum atomic E-state index is -0.0952. The standard InChI is InChI=1S/C24H23NO/c1-18-15-19(2)17-21(16-18)24(14-9-20-7-5-4-6-8-20)25-22-10-12-23(26-3)13-11-22/h4-8,10-13,15-17,24-25H,1-3H3/t24-/m0/s1. The Labute approximate surface area is 155 Å². The van der Waals surface area contributed by atoms with E-state index in [-0.39, 0.29) is 6.04 Å². The summed E-state index contributed by atoms with van der Waals surface area (Å²) in [5.74, 6) is 7.52. The van der Waals surface area contributed by atoms with Crippen LogP contribution in [0.15, 0.2) is 72.8 Å². The van der Waals surface area contributed by atoms with Crippen molar-refractivity contribution in [3.63, 3.8) is 0 Å². The van der Waals surface area contributed by atoms with Gasteiger partial charge in [-0.05, 0) is 55.8 Å². The van der Waals surface area contributed by atoms with Gasteiger partial charge in [0.2, 0.25) is 0 Å². The first-order valence-corrected chi connectivity index (χ1v) is 8.69. The van der Waals surface area contributed by atoms with E-state index in [1.807, 2.05) is 54.6 Å². The van der Waals surface area contributed by atoms with Gasteiger partial charge >= 0.3 is 0 Å². The molecular formula is C24H23NO. The summed E-state index contributed by atoms with van der Waals surface area (Å²) in [6, 6.07) is 24.5. The minimum Gasteiger partial charge on any atom is -0.497 e. The van der Waals surface area contributed by atoms with Crippen molar-refractivity contribution >= 4 is 5.69 Å². The van der Waals surface area contributed by atoms with Gasteiger partial charge in [0.15, 0.2) is 0 Å². The smallest absolute Gasteiger partial charge is 0.119 e. The Morgan fingerprint density at radius 2 is 1.50 bits per heavy atom. The summed E-state index contributed by atoms with van der Waals surface area (Å²) in [5, 5.41) is 3.54. The molecule has 0 unspecified atom stereocenters. The number of anilines is 1. The van der Waals surface area contributed by atoms with E-state index in [0.717, 1.165) is 17.0 Å². The Kier molecular flexibility index (Phi) is 5.61. The first-order valence-electron chi connectivity index (χ1n) is 8.69. The van der Waals surface area contributed by atoms with E-state index >= 15 is 0 Å². The van der Waals surface area contributed by atoms with E-state index in [1.165, 1.54) is 16.7 Å². The third kappa shape index (κ3) is 4.68. The molecule has 0 saturated heterocycles. The van der Waals surface area contributed by atoms with E-state index < -0.39 is 0 Å². The molecule has 0 amide bonds. The Morgan fingerprint density at radius 1 is 0.846 bits per heavy atom. The van der Waals surface area contributed by atoms with Crippen LogP contribution in [0.5, 0.6) is 5.75 Å². The second-order valence-corrected chi connectivity index (χ2v) is 6.36. The molecule has 1 atom stereocenters. The molecule has 0 saturated carbocycles. The number of methoxy groups -OCH3 is 1. The van der Waals surface area contributed by atoms with Crippen LogP contribution in [0.1, 0.15) is 28.3 Å². The van der Waals surface area contributed by atoms with Crippen molar-refractivity contribution in [3.05, 3.63) is 95.1 Å². The third-order valence-corrected chi connectivity index (χ3v) is 4.11. The lowest BCUT2D eigenvalue weighted by Gasteiger charge is -2.17. The molecule has 0 spiro atoms. The van der Waals surface area contributed by atoms with Crippen LogP contribution in [-0.4, -0.2) is 7.11 Å². The summed E-state index contributed by atoms with van der Waals surface area (Å²) in [5.41, 5.74) is 5.67. The summed E-state index contributed by atoms with van der Waals surface area (Å²) in [6.45, 7) is 4.23. The lowest BCUT2D eigenvalue weighted by atomic mass is 10.0. The maximum atomic E-state index is 5.24. The van der Waals surface area contributed by atoms with Gasteiger partial charge in [0.1, 0.15) is 11.8 Å². The third-order valence-electron chi connectivity index (χ3n) is 4.11. The normalized spacial score (nSPS) is 11.2. The lowest BCUT2D eigenvalue weighted by molar-refractivity contribution is 0.415. The van der Waals surface area contributed by atoms with Gasteiger partial charge < -0.3 is 10.1 Å². The van der Waals surface area contributed by atoms with Gasteiger partial charge in [-0.3, -0.25) is 0 Å². The van der Waals surface area contributed by atoms with Crippen LogP contribution in [0.3, 0.4) is 0 Å². The molecule has 0 bridgehead atoms. The number of hydrogen-bond donors (Lipinski definition) is 1. The molecule has 0 aromatic heterocycles. The van der Waals surface area contributed by atoms with Crippen LogP contribution < -0.4 is 10.1 Å². The number of aryl methyl sites for hydroxylation is 2. The second kappa shape index (κ2) is 8.27. The van der Waals surface area contributed by atoms with E-state index in [2.05, 4.69) is 49.2 Å². The molecule has 2 heteroatoms. The highest BCUT2D eigenvalue weighted by Gasteiger charge is 2.10. The van der Waals surface area contributed by atoms with Crippen molar-refractivity contribution in [2.24, 2.45) is 0 Å². The molecule has 0 radical (unpaired) electrons. The maximum Gasteiger partial charge on any atom is 0.119 e. The van der Waals surface area contributed by atoms with Crippen LogP contribution in [0.4, 0.5) is 5.69 Å². The van der Waals surface area contributed by atoms with Gasteiger partial charge in [0.05, 0.1) is 7.11 Å².